The molecule has 5 heteroatoms. The largest absolute Gasteiger partial charge is 0.481 e. The van der Waals surface area contributed by atoms with Crippen LogP contribution in [0.2, 0.25) is 0 Å². The van der Waals surface area contributed by atoms with Gasteiger partial charge < -0.3 is 16.2 Å². The first kappa shape index (κ1) is 16.7. The molecule has 0 amide bonds. The van der Waals surface area contributed by atoms with Crippen LogP contribution in [0.1, 0.15) is 64.2 Å². The maximum atomic E-state index is 10.3. The number of aliphatic carboxylic acids is 1. The molecule has 0 heterocycles. The Kier molecular flexibility index (Phi) is 11.3. The van der Waals surface area contributed by atoms with E-state index in [1.54, 1.807) is 0 Å². The Morgan fingerprint density at radius 3 is 1.83 bits per heavy atom. The van der Waals surface area contributed by atoms with E-state index in [0.29, 0.717) is 6.42 Å². The van der Waals surface area contributed by atoms with Crippen molar-refractivity contribution < 1.29 is 9.90 Å². The van der Waals surface area contributed by atoms with E-state index in [4.69, 9.17) is 16.2 Å². The van der Waals surface area contributed by atoms with Gasteiger partial charge in [-0.3, -0.25) is 10.2 Å². The SMILES string of the molecule is N=C(N)NCCCCCCCCCCCC(=O)O. The Hall–Kier alpha value is -1.26. The van der Waals surface area contributed by atoms with Gasteiger partial charge in [-0.05, 0) is 12.8 Å². The summed E-state index contributed by atoms with van der Waals surface area (Å²) in [6, 6.07) is 0. The molecule has 5 nitrogen and oxygen atoms in total. The van der Waals surface area contributed by atoms with E-state index in [0.717, 1.165) is 32.2 Å². The van der Waals surface area contributed by atoms with E-state index in [-0.39, 0.29) is 5.96 Å². The van der Waals surface area contributed by atoms with Gasteiger partial charge in [-0.25, -0.2) is 0 Å². The van der Waals surface area contributed by atoms with Gasteiger partial charge in [0, 0.05) is 13.0 Å². The van der Waals surface area contributed by atoms with E-state index in [1.165, 1.54) is 32.1 Å². The summed E-state index contributed by atoms with van der Waals surface area (Å²) in [7, 11) is 0. The van der Waals surface area contributed by atoms with Gasteiger partial charge >= 0.3 is 5.97 Å². The number of rotatable bonds is 12. The summed E-state index contributed by atoms with van der Waals surface area (Å²) in [4.78, 5) is 10.3. The third-order valence-corrected chi connectivity index (χ3v) is 2.88. The molecule has 106 valence electrons. The number of carboxylic acid groups (broad SMARTS) is 1. The Labute approximate surface area is 110 Å². The molecule has 0 aliphatic heterocycles. The quantitative estimate of drug-likeness (QED) is 0.245. The average molecular weight is 257 g/mol. The van der Waals surface area contributed by atoms with Crippen molar-refractivity contribution in [2.75, 3.05) is 6.54 Å². The standard InChI is InChI=1S/C13H27N3O2/c14-13(15)16-11-9-7-5-3-1-2-4-6-8-10-12(17)18/h1-11H2,(H,17,18)(H4,14,15,16). The van der Waals surface area contributed by atoms with Crippen molar-refractivity contribution in [2.24, 2.45) is 5.73 Å². The van der Waals surface area contributed by atoms with Gasteiger partial charge in [-0.15, -0.1) is 0 Å². The zero-order valence-corrected chi connectivity index (χ0v) is 11.2. The summed E-state index contributed by atoms with van der Waals surface area (Å²) in [6.45, 7) is 0.796. The van der Waals surface area contributed by atoms with Crippen LogP contribution in [0.5, 0.6) is 0 Å². The molecule has 0 saturated carbocycles. The fourth-order valence-electron chi connectivity index (χ4n) is 1.86. The monoisotopic (exact) mass is 257 g/mol. The van der Waals surface area contributed by atoms with Gasteiger partial charge in [0.25, 0.3) is 0 Å². The number of carboxylic acids is 1. The molecule has 0 aromatic carbocycles. The van der Waals surface area contributed by atoms with Crippen molar-refractivity contribution in [1.29, 1.82) is 5.41 Å². The fraction of sp³-hybridized carbons (Fsp3) is 0.846. The van der Waals surface area contributed by atoms with Crippen LogP contribution in [0, 0.1) is 5.41 Å². The molecule has 0 aromatic rings. The lowest BCUT2D eigenvalue weighted by Crippen LogP contribution is -2.30. The van der Waals surface area contributed by atoms with Gasteiger partial charge in [-0.2, -0.15) is 0 Å². The minimum atomic E-state index is -0.686. The molecule has 0 bridgehead atoms. The Balaban J connectivity index is 2.99. The number of carbonyl (C=O) groups is 1. The van der Waals surface area contributed by atoms with Gasteiger partial charge in [-0.1, -0.05) is 44.9 Å². The van der Waals surface area contributed by atoms with E-state index in [2.05, 4.69) is 5.32 Å². The Morgan fingerprint density at radius 1 is 0.944 bits per heavy atom. The topological polar surface area (TPSA) is 99.2 Å². The first-order valence-electron chi connectivity index (χ1n) is 6.92. The predicted octanol–water partition coefficient (Wildman–Crippen LogP) is 2.46. The number of hydrogen-bond acceptors (Lipinski definition) is 2. The van der Waals surface area contributed by atoms with Crippen LogP contribution in [0.15, 0.2) is 0 Å². The Morgan fingerprint density at radius 2 is 1.39 bits per heavy atom. The zero-order chi connectivity index (χ0) is 13.6. The van der Waals surface area contributed by atoms with E-state index in [1.807, 2.05) is 0 Å². The molecule has 18 heavy (non-hydrogen) atoms. The highest BCUT2D eigenvalue weighted by molar-refractivity contribution is 5.74. The molecule has 0 aromatic heterocycles. The zero-order valence-electron chi connectivity index (χ0n) is 11.2. The average Bonchev–Trinajstić information content (AvgIpc) is 2.29. The van der Waals surface area contributed by atoms with Gasteiger partial charge in [0.1, 0.15) is 0 Å². The molecule has 0 radical (unpaired) electrons. The third-order valence-electron chi connectivity index (χ3n) is 2.88. The van der Waals surface area contributed by atoms with Crippen molar-refractivity contribution in [2.45, 2.75) is 64.2 Å². The molecule has 0 aliphatic rings. The second-order valence-corrected chi connectivity index (χ2v) is 4.67. The summed E-state index contributed by atoms with van der Waals surface area (Å²) in [5.74, 6) is -0.634. The van der Waals surface area contributed by atoms with Gasteiger partial charge in [0.05, 0.1) is 0 Å². The van der Waals surface area contributed by atoms with Crippen molar-refractivity contribution >= 4 is 11.9 Å². The first-order chi connectivity index (χ1) is 8.63. The van der Waals surface area contributed by atoms with Crippen LogP contribution in [-0.4, -0.2) is 23.6 Å². The fourth-order valence-corrected chi connectivity index (χ4v) is 1.86. The number of unbranched alkanes of at least 4 members (excludes halogenated alkanes) is 8. The maximum Gasteiger partial charge on any atom is 0.303 e. The molecule has 0 fully saturated rings. The second-order valence-electron chi connectivity index (χ2n) is 4.67. The number of nitrogens with one attached hydrogen (secondary N) is 2. The van der Waals surface area contributed by atoms with Crippen LogP contribution in [0.4, 0.5) is 0 Å². The lowest BCUT2D eigenvalue weighted by Gasteiger charge is -2.03. The molecule has 0 spiro atoms. The summed E-state index contributed by atoms with van der Waals surface area (Å²) in [5.41, 5.74) is 5.17. The number of hydrogen-bond donors (Lipinski definition) is 4. The van der Waals surface area contributed by atoms with Crippen molar-refractivity contribution in [3.8, 4) is 0 Å². The molecule has 0 atom stereocenters. The van der Waals surface area contributed by atoms with Crippen LogP contribution in [0.3, 0.4) is 0 Å². The maximum absolute atomic E-state index is 10.3. The summed E-state index contributed by atoms with van der Waals surface area (Å²) in [5, 5.41) is 18.2. The summed E-state index contributed by atoms with van der Waals surface area (Å²) >= 11 is 0. The summed E-state index contributed by atoms with van der Waals surface area (Å²) in [6.07, 6.45) is 10.5. The molecular weight excluding hydrogens is 230 g/mol. The lowest BCUT2D eigenvalue weighted by atomic mass is 10.1. The predicted molar refractivity (Wildman–Crippen MR) is 73.7 cm³/mol. The molecule has 5 N–H and O–H groups in total. The molecular formula is C13H27N3O2. The van der Waals surface area contributed by atoms with Crippen molar-refractivity contribution in [1.82, 2.24) is 5.32 Å². The molecule has 0 saturated heterocycles. The van der Waals surface area contributed by atoms with E-state index < -0.39 is 5.97 Å². The first-order valence-corrected chi connectivity index (χ1v) is 6.92. The highest BCUT2D eigenvalue weighted by Gasteiger charge is 1.96. The molecule has 0 aliphatic carbocycles. The number of nitrogens with two attached hydrogens (primary N) is 1. The van der Waals surface area contributed by atoms with Crippen LogP contribution in [0.25, 0.3) is 0 Å². The minimum Gasteiger partial charge on any atom is -0.481 e. The van der Waals surface area contributed by atoms with E-state index in [9.17, 15) is 4.79 Å². The van der Waals surface area contributed by atoms with Crippen LogP contribution < -0.4 is 11.1 Å². The van der Waals surface area contributed by atoms with Gasteiger partial charge in [0.15, 0.2) is 5.96 Å². The highest BCUT2D eigenvalue weighted by Crippen LogP contribution is 2.10. The third kappa shape index (κ3) is 14.7. The smallest absolute Gasteiger partial charge is 0.303 e. The number of guanidine groups is 1. The lowest BCUT2D eigenvalue weighted by molar-refractivity contribution is -0.137. The van der Waals surface area contributed by atoms with Crippen molar-refractivity contribution in [3.63, 3.8) is 0 Å². The molecule has 0 rings (SSSR count). The minimum absolute atomic E-state index is 0.0522. The Bertz CT molecular complexity index is 208. The summed E-state index contributed by atoms with van der Waals surface area (Å²) < 4.78 is 0. The second kappa shape index (κ2) is 12.2. The molecule has 0 unspecified atom stereocenters. The van der Waals surface area contributed by atoms with Gasteiger partial charge in [0.2, 0.25) is 0 Å². The van der Waals surface area contributed by atoms with Crippen LogP contribution >= 0.6 is 0 Å². The highest BCUT2D eigenvalue weighted by atomic mass is 16.4. The van der Waals surface area contributed by atoms with Crippen LogP contribution in [-0.2, 0) is 4.79 Å². The van der Waals surface area contributed by atoms with E-state index >= 15 is 0 Å². The normalized spacial score (nSPS) is 10.2. The van der Waals surface area contributed by atoms with Crippen molar-refractivity contribution in [3.05, 3.63) is 0 Å².